The number of hydrogen-bond acceptors (Lipinski definition) is 7. The first-order valence-corrected chi connectivity index (χ1v) is 7.09. The molecule has 9 nitrogen and oxygen atoms in total. The number of imide groups is 1. The van der Waals surface area contributed by atoms with Gasteiger partial charge in [0.2, 0.25) is 0 Å². The van der Waals surface area contributed by atoms with E-state index in [1.54, 1.807) is 12.1 Å². The molecular weight excluding hydrogens is 316 g/mol. The number of hydrogen-bond donors (Lipinski definition) is 0. The Bertz CT molecular complexity index is 796. The summed E-state index contributed by atoms with van der Waals surface area (Å²) < 4.78 is 1.48. The summed E-state index contributed by atoms with van der Waals surface area (Å²) in [5, 5.41) is 7.94. The molecule has 2 amide bonds. The zero-order valence-electron chi connectivity index (χ0n) is 12.4. The molecule has 1 fully saturated rings. The van der Waals surface area contributed by atoms with E-state index in [1.165, 1.54) is 23.0 Å². The molecular formula is C15H12N4O5. The Morgan fingerprint density at radius 3 is 2.42 bits per heavy atom. The van der Waals surface area contributed by atoms with Crippen molar-refractivity contribution in [1.29, 1.82) is 0 Å². The van der Waals surface area contributed by atoms with Crippen molar-refractivity contribution in [3.63, 3.8) is 0 Å². The van der Waals surface area contributed by atoms with Gasteiger partial charge >= 0.3 is 5.97 Å². The third-order valence-corrected chi connectivity index (χ3v) is 3.39. The van der Waals surface area contributed by atoms with Crippen LogP contribution in [-0.2, 0) is 21.0 Å². The van der Waals surface area contributed by atoms with Gasteiger partial charge in [0, 0.05) is 12.8 Å². The van der Waals surface area contributed by atoms with Crippen LogP contribution in [0.4, 0.5) is 0 Å². The van der Waals surface area contributed by atoms with Gasteiger partial charge in [-0.25, -0.2) is 9.48 Å². The quantitative estimate of drug-likeness (QED) is 0.575. The van der Waals surface area contributed by atoms with Gasteiger partial charge in [0.25, 0.3) is 11.8 Å². The van der Waals surface area contributed by atoms with E-state index in [2.05, 4.69) is 10.3 Å². The van der Waals surface area contributed by atoms with Gasteiger partial charge in [-0.3, -0.25) is 14.4 Å². The van der Waals surface area contributed by atoms with Crippen molar-refractivity contribution >= 4 is 24.1 Å². The lowest BCUT2D eigenvalue weighted by Gasteiger charge is -2.12. The molecule has 1 aliphatic rings. The fraction of sp³-hybridized carbons (Fsp3) is 0.200. The number of benzene rings is 1. The summed E-state index contributed by atoms with van der Waals surface area (Å²) in [6.07, 6.45) is 2.20. The Kier molecular flexibility index (Phi) is 4.15. The van der Waals surface area contributed by atoms with E-state index < -0.39 is 17.8 Å². The Hall–Kier alpha value is -3.36. The summed E-state index contributed by atoms with van der Waals surface area (Å²) in [4.78, 5) is 50.2. The maximum Gasteiger partial charge on any atom is 0.363 e. The largest absolute Gasteiger partial charge is 0.363 e. The molecule has 1 saturated heterocycles. The molecule has 1 aromatic carbocycles. The molecule has 2 aromatic rings. The Balaban J connectivity index is 1.65. The van der Waals surface area contributed by atoms with Gasteiger partial charge in [-0.05, 0) is 17.7 Å². The number of amides is 2. The first-order valence-electron chi connectivity index (χ1n) is 7.09. The fourth-order valence-electron chi connectivity index (χ4n) is 2.17. The molecule has 0 spiro atoms. The smallest absolute Gasteiger partial charge is 0.325 e. The minimum absolute atomic E-state index is 0.0474. The van der Waals surface area contributed by atoms with Gasteiger partial charge in [0.05, 0.1) is 18.3 Å². The predicted octanol–water partition coefficient (Wildman–Crippen LogP) is 0.360. The normalized spacial score (nSPS) is 14.1. The lowest BCUT2D eigenvalue weighted by Crippen LogP contribution is -2.32. The fourth-order valence-corrected chi connectivity index (χ4v) is 2.17. The topological polar surface area (TPSA) is 111 Å². The van der Waals surface area contributed by atoms with Crippen LogP contribution in [0.5, 0.6) is 0 Å². The molecule has 3 rings (SSSR count). The molecule has 0 N–H and O–H groups in total. The van der Waals surface area contributed by atoms with Crippen molar-refractivity contribution in [1.82, 2.24) is 20.1 Å². The van der Waals surface area contributed by atoms with Crippen LogP contribution < -0.4 is 0 Å². The summed E-state index contributed by atoms with van der Waals surface area (Å²) in [7, 11) is 0. The molecule has 0 saturated carbocycles. The van der Waals surface area contributed by atoms with Gasteiger partial charge in [-0.1, -0.05) is 17.3 Å². The molecule has 0 atom stereocenters. The van der Waals surface area contributed by atoms with Gasteiger partial charge in [0.15, 0.2) is 6.29 Å². The van der Waals surface area contributed by atoms with E-state index in [9.17, 15) is 19.2 Å². The second-order valence-corrected chi connectivity index (χ2v) is 5.12. The van der Waals surface area contributed by atoms with E-state index in [1.807, 2.05) is 0 Å². The van der Waals surface area contributed by atoms with Crippen LogP contribution in [0.2, 0.25) is 0 Å². The second kappa shape index (κ2) is 6.41. The zero-order chi connectivity index (χ0) is 17.1. The van der Waals surface area contributed by atoms with Crippen LogP contribution >= 0.6 is 0 Å². The number of aldehydes is 1. The third-order valence-electron chi connectivity index (χ3n) is 3.39. The minimum Gasteiger partial charge on any atom is -0.325 e. The molecule has 0 bridgehead atoms. The van der Waals surface area contributed by atoms with Crippen molar-refractivity contribution in [2.45, 2.75) is 19.4 Å². The standard InChI is InChI=1S/C15H12N4O5/c20-9-12-8-18(17-16-12)7-10-1-3-11(4-2-10)15(23)24-19-13(21)5-6-14(19)22/h1-4,8-9H,5-7H2. The van der Waals surface area contributed by atoms with Crippen LogP contribution in [0.15, 0.2) is 30.5 Å². The van der Waals surface area contributed by atoms with E-state index in [0.29, 0.717) is 17.9 Å². The Morgan fingerprint density at radius 2 is 1.83 bits per heavy atom. The van der Waals surface area contributed by atoms with Crippen molar-refractivity contribution in [2.24, 2.45) is 0 Å². The number of carbonyl (C=O) groups is 4. The highest BCUT2D eigenvalue weighted by atomic mass is 16.7. The number of nitrogens with zero attached hydrogens (tertiary/aromatic N) is 4. The predicted molar refractivity (Wildman–Crippen MR) is 77.5 cm³/mol. The molecule has 1 aliphatic heterocycles. The molecule has 9 heteroatoms. The number of rotatable bonds is 5. The van der Waals surface area contributed by atoms with Crippen molar-refractivity contribution in [3.05, 3.63) is 47.3 Å². The maximum absolute atomic E-state index is 12.0. The van der Waals surface area contributed by atoms with Crippen LogP contribution in [-0.4, -0.2) is 44.1 Å². The van der Waals surface area contributed by atoms with Gasteiger partial charge < -0.3 is 4.84 Å². The van der Waals surface area contributed by atoms with Crippen LogP contribution in [0.1, 0.15) is 39.3 Å². The number of hydroxylamine groups is 2. The highest BCUT2D eigenvalue weighted by Gasteiger charge is 2.33. The van der Waals surface area contributed by atoms with Gasteiger partial charge in [0.1, 0.15) is 5.69 Å². The van der Waals surface area contributed by atoms with E-state index in [4.69, 9.17) is 4.84 Å². The molecule has 122 valence electrons. The average Bonchev–Trinajstić information content (AvgIpc) is 3.17. The Morgan fingerprint density at radius 1 is 1.17 bits per heavy atom. The number of carbonyl (C=O) groups excluding carboxylic acids is 4. The van der Waals surface area contributed by atoms with Crippen molar-refractivity contribution in [2.75, 3.05) is 0 Å². The SMILES string of the molecule is O=Cc1cn(Cc2ccc(C(=O)ON3C(=O)CCC3=O)cc2)nn1. The second-order valence-electron chi connectivity index (χ2n) is 5.12. The monoisotopic (exact) mass is 328 g/mol. The highest BCUT2D eigenvalue weighted by molar-refractivity contribution is 6.02. The molecule has 0 unspecified atom stereocenters. The van der Waals surface area contributed by atoms with E-state index in [-0.39, 0.29) is 24.1 Å². The molecule has 2 heterocycles. The van der Waals surface area contributed by atoms with Gasteiger partial charge in [-0.15, -0.1) is 10.2 Å². The van der Waals surface area contributed by atoms with Crippen LogP contribution in [0.25, 0.3) is 0 Å². The van der Waals surface area contributed by atoms with E-state index >= 15 is 0 Å². The summed E-state index contributed by atoms with van der Waals surface area (Å²) >= 11 is 0. The van der Waals surface area contributed by atoms with Crippen molar-refractivity contribution < 1.29 is 24.0 Å². The van der Waals surface area contributed by atoms with Gasteiger partial charge in [-0.2, -0.15) is 0 Å². The Labute approximate surface area is 135 Å². The lowest BCUT2D eigenvalue weighted by atomic mass is 10.1. The average molecular weight is 328 g/mol. The maximum atomic E-state index is 12.0. The summed E-state index contributed by atoms with van der Waals surface area (Å²) in [6.45, 7) is 0.374. The first kappa shape index (κ1) is 15.5. The highest BCUT2D eigenvalue weighted by Crippen LogP contribution is 2.15. The van der Waals surface area contributed by atoms with Crippen LogP contribution in [0.3, 0.4) is 0 Å². The molecule has 0 aliphatic carbocycles. The molecule has 0 radical (unpaired) electrons. The molecule has 1 aromatic heterocycles. The summed E-state index contributed by atoms with van der Waals surface area (Å²) in [5.74, 6) is -1.83. The number of aromatic nitrogens is 3. The zero-order valence-corrected chi connectivity index (χ0v) is 12.4. The third kappa shape index (κ3) is 3.19. The summed E-state index contributed by atoms with van der Waals surface area (Å²) in [6, 6.07) is 6.37. The lowest BCUT2D eigenvalue weighted by molar-refractivity contribution is -0.172. The molecule has 24 heavy (non-hydrogen) atoms. The van der Waals surface area contributed by atoms with E-state index in [0.717, 1.165) is 5.56 Å². The van der Waals surface area contributed by atoms with Crippen molar-refractivity contribution in [3.8, 4) is 0 Å². The first-order chi connectivity index (χ1) is 11.6. The minimum atomic E-state index is -0.783. The summed E-state index contributed by atoms with van der Waals surface area (Å²) in [5.41, 5.74) is 1.26. The van der Waals surface area contributed by atoms with Crippen LogP contribution in [0, 0.1) is 0 Å².